The van der Waals surface area contributed by atoms with Crippen molar-refractivity contribution >= 4 is 22.9 Å². The molecule has 41 heavy (non-hydrogen) atoms. The Bertz CT molecular complexity index is 1590. The van der Waals surface area contributed by atoms with E-state index in [2.05, 4.69) is 24.8 Å². The smallest absolute Gasteiger partial charge is 0.406 e. The molecule has 0 spiro atoms. The molecule has 11 heteroatoms. The highest BCUT2D eigenvalue weighted by Gasteiger charge is 2.41. The number of halogens is 4. The van der Waals surface area contributed by atoms with Crippen LogP contribution in [0.1, 0.15) is 40.2 Å². The van der Waals surface area contributed by atoms with Crippen molar-refractivity contribution in [1.82, 2.24) is 14.7 Å². The van der Waals surface area contributed by atoms with Crippen molar-refractivity contribution in [3.8, 4) is 5.75 Å². The van der Waals surface area contributed by atoms with Gasteiger partial charge in [0.15, 0.2) is 0 Å². The van der Waals surface area contributed by atoms with Gasteiger partial charge in [-0.25, -0.2) is 9.37 Å². The van der Waals surface area contributed by atoms with Crippen LogP contribution >= 0.6 is 0 Å². The van der Waals surface area contributed by atoms with E-state index in [1.54, 1.807) is 29.5 Å². The van der Waals surface area contributed by atoms with Crippen LogP contribution in [0.15, 0.2) is 60.8 Å². The van der Waals surface area contributed by atoms with Gasteiger partial charge in [0.25, 0.3) is 5.91 Å². The van der Waals surface area contributed by atoms with Crippen LogP contribution in [0.2, 0.25) is 0 Å². The molecule has 0 unspecified atom stereocenters. The van der Waals surface area contributed by atoms with E-state index < -0.39 is 6.36 Å². The Kier molecular flexibility index (Phi) is 6.75. The summed E-state index contributed by atoms with van der Waals surface area (Å²) in [6, 6.07) is 14.9. The summed E-state index contributed by atoms with van der Waals surface area (Å²) >= 11 is 0. The number of hydrogen-bond acceptors (Lipinski definition) is 5. The van der Waals surface area contributed by atoms with Gasteiger partial charge >= 0.3 is 6.36 Å². The molecular weight excluding hydrogens is 538 g/mol. The SMILES string of the molecule is Cc1ccn2c(C(=O)NCc3ccc(N4[C@@H]5CC[C@H]4CN(c4ccc(OC(F)(F)F)cc4)C5)c(F)c3)c(C)nc2c1. The number of nitrogens with one attached hydrogen (secondary N) is 1. The number of alkyl halides is 3. The van der Waals surface area contributed by atoms with Crippen molar-refractivity contribution in [2.45, 2.75) is 51.7 Å². The number of rotatable bonds is 6. The number of imidazole rings is 1. The maximum absolute atomic E-state index is 15.4. The zero-order valence-corrected chi connectivity index (χ0v) is 22.6. The lowest BCUT2D eigenvalue weighted by molar-refractivity contribution is -0.274. The fourth-order valence-electron chi connectivity index (χ4n) is 6.04. The molecule has 1 amide bonds. The van der Waals surface area contributed by atoms with Crippen LogP contribution in [0.25, 0.3) is 5.65 Å². The van der Waals surface area contributed by atoms with E-state index in [0.717, 1.165) is 24.1 Å². The van der Waals surface area contributed by atoms with Gasteiger partial charge in [0.2, 0.25) is 0 Å². The summed E-state index contributed by atoms with van der Waals surface area (Å²) in [5, 5.41) is 2.89. The molecule has 7 nitrogen and oxygen atoms in total. The molecule has 4 aromatic rings. The molecule has 2 aromatic carbocycles. The molecule has 2 atom stereocenters. The second-order valence-electron chi connectivity index (χ2n) is 10.7. The van der Waals surface area contributed by atoms with Crippen molar-refractivity contribution in [2.24, 2.45) is 0 Å². The molecule has 2 aliphatic rings. The molecule has 2 aliphatic heterocycles. The van der Waals surface area contributed by atoms with Crippen molar-refractivity contribution in [3.05, 3.63) is 89.1 Å². The van der Waals surface area contributed by atoms with Crippen LogP contribution in [-0.4, -0.2) is 46.8 Å². The van der Waals surface area contributed by atoms with Crippen LogP contribution in [-0.2, 0) is 6.54 Å². The summed E-state index contributed by atoms with van der Waals surface area (Å²) in [6.07, 6.45) is -1.12. The Hall–Kier alpha value is -4.28. The molecule has 2 saturated heterocycles. The van der Waals surface area contributed by atoms with Crippen molar-refractivity contribution in [1.29, 1.82) is 0 Å². The first-order valence-electron chi connectivity index (χ1n) is 13.5. The van der Waals surface area contributed by atoms with Gasteiger partial charge in [0.05, 0.1) is 11.4 Å². The molecule has 214 valence electrons. The lowest BCUT2D eigenvalue weighted by Gasteiger charge is -2.43. The third kappa shape index (κ3) is 5.40. The number of ether oxygens (including phenoxy) is 1. The van der Waals surface area contributed by atoms with E-state index in [9.17, 15) is 18.0 Å². The second-order valence-corrected chi connectivity index (χ2v) is 10.7. The quantitative estimate of drug-likeness (QED) is 0.300. The zero-order valence-electron chi connectivity index (χ0n) is 22.6. The molecule has 2 bridgehead atoms. The number of hydrogen-bond donors (Lipinski definition) is 1. The Morgan fingerprint density at radius 3 is 2.39 bits per heavy atom. The van der Waals surface area contributed by atoms with E-state index in [1.165, 1.54) is 18.2 Å². The van der Waals surface area contributed by atoms with Crippen LogP contribution < -0.4 is 19.9 Å². The Balaban J connectivity index is 1.11. The summed E-state index contributed by atoms with van der Waals surface area (Å²) < 4.78 is 58.6. The van der Waals surface area contributed by atoms with E-state index in [1.807, 2.05) is 31.3 Å². The number of amides is 1. The molecular formula is C30H29F4N5O2. The monoisotopic (exact) mass is 567 g/mol. The number of carbonyl (C=O) groups is 1. The number of fused-ring (bicyclic) bond motifs is 3. The molecule has 1 N–H and O–H groups in total. The van der Waals surface area contributed by atoms with Gasteiger partial charge in [-0.3, -0.25) is 9.20 Å². The maximum atomic E-state index is 15.4. The van der Waals surface area contributed by atoms with E-state index in [0.29, 0.717) is 41.4 Å². The van der Waals surface area contributed by atoms with E-state index in [4.69, 9.17) is 0 Å². The van der Waals surface area contributed by atoms with Gasteiger partial charge < -0.3 is 19.9 Å². The summed E-state index contributed by atoms with van der Waals surface area (Å²) in [4.78, 5) is 21.7. The minimum absolute atomic E-state index is 0.0710. The zero-order chi connectivity index (χ0) is 28.9. The fourth-order valence-corrected chi connectivity index (χ4v) is 6.04. The Morgan fingerprint density at radius 2 is 1.73 bits per heavy atom. The number of pyridine rings is 1. The lowest BCUT2D eigenvalue weighted by atomic mass is 10.1. The molecule has 4 heterocycles. The number of piperazine rings is 1. The predicted molar refractivity (Wildman–Crippen MR) is 147 cm³/mol. The van der Waals surface area contributed by atoms with Crippen LogP contribution in [0, 0.1) is 19.7 Å². The summed E-state index contributed by atoms with van der Waals surface area (Å²) in [6.45, 7) is 5.18. The van der Waals surface area contributed by atoms with Crippen LogP contribution in [0.4, 0.5) is 28.9 Å². The highest BCUT2D eigenvalue weighted by atomic mass is 19.4. The first kappa shape index (κ1) is 26.9. The van der Waals surface area contributed by atoms with Gasteiger partial charge in [0, 0.05) is 43.6 Å². The minimum atomic E-state index is -4.73. The number of carbonyl (C=O) groups excluding carboxylic acids is 1. The first-order valence-corrected chi connectivity index (χ1v) is 13.5. The highest BCUT2D eigenvalue weighted by molar-refractivity contribution is 5.94. The van der Waals surface area contributed by atoms with E-state index in [-0.39, 0.29) is 36.1 Å². The second kappa shape index (κ2) is 10.3. The number of aromatic nitrogens is 2. The lowest BCUT2D eigenvalue weighted by Crippen LogP contribution is -2.54. The summed E-state index contributed by atoms with van der Waals surface area (Å²) in [5.74, 6) is -0.891. The fraction of sp³-hybridized carbons (Fsp3) is 0.333. The van der Waals surface area contributed by atoms with Crippen molar-refractivity contribution in [2.75, 3.05) is 22.9 Å². The van der Waals surface area contributed by atoms with Crippen molar-refractivity contribution in [3.63, 3.8) is 0 Å². The number of aryl methyl sites for hydroxylation is 2. The molecule has 0 radical (unpaired) electrons. The number of benzene rings is 2. The van der Waals surface area contributed by atoms with Gasteiger partial charge in [-0.05, 0) is 86.3 Å². The van der Waals surface area contributed by atoms with Gasteiger partial charge in [-0.2, -0.15) is 0 Å². The van der Waals surface area contributed by atoms with Crippen LogP contribution in [0.3, 0.4) is 0 Å². The van der Waals surface area contributed by atoms with Crippen LogP contribution in [0.5, 0.6) is 5.75 Å². The summed E-state index contributed by atoms with van der Waals surface area (Å²) in [7, 11) is 0. The Morgan fingerprint density at radius 1 is 1.02 bits per heavy atom. The van der Waals surface area contributed by atoms with Crippen molar-refractivity contribution < 1.29 is 27.1 Å². The van der Waals surface area contributed by atoms with Gasteiger partial charge in [0.1, 0.15) is 22.9 Å². The third-order valence-electron chi connectivity index (χ3n) is 7.83. The Labute approximate surface area is 234 Å². The number of anilines is 2. The largest absolute Gasteiger partial charge is 0.573 e. The summed E-state index contributed by atoms with van der Waals surface area (Å²) in [5.41, 5.74) is 4.80. The van der Waals surface area contributed by atoms with Gasteiger partial charge in [-0.15, -0.1) is 13.2 Å². The molecule has 6 rings (SSSR count). The third-order valence-corrected chi connectivity index (χ3v) is 7.83. The molecule has 0 aliphatic carbocycles. The minimum Gasteiger partial charge on any atom is -0.406 e. The predicted octanol–water partition coefficient (Wildman–Crippen LogP) is 5.78. The first-order chi connectivity index (χ1) is 19.6. The standard InChI is InChI=1S/C30H29F4N5O2/c1-18-11-12-38-27(13-18)36-19(2)28(38)29(40)35-15-20-3-10-26(25(31)14-20)39-22-4-5-23(39)17-37(16-22)21-6-8-24(9-7-21)41-30(32,33)34/h3,6-14,22-23H,4-5,15-17H2,1-2H3,(H,35,40)/t22-,23+. The number of nitrogens with zero attached hydrogens (tertiary/aromatic N) is 4. The average Bonchev–Trinajstić information content (AvgIpc) is 3.37. The molecule has 2 aromatic heterocycles. The van der Waals surface area contributed by atoms with Gasteiger partial charge in [-0.1, -0.05) is 6.07 Å². The molecule has 0 saturated carbocycles. The van der Waals surface area contributed by atoms with E-state index >= 15 is 4.39 Å². The topological polar surface area (TPSA) is 62.1 Å². The molecule has 2 fully saturated rings. The maximum Gasteiger partial charge on any atom is 0.573 e. The average molecular weight is 568 g/mol. The highest BCUT2D eigenvalue weighted by Crippen LogP contribution is 2.38. The normalized spacial score (nSPS) is 18.7.